The molecule has 0 bridgehead atoms. The number of hydrogen-bond acceptors (Lipinski definition) is 1. The molecule has 0 amide bonds. The summed E-state index contributed by atoms with van der Waals surface area (Å²) in [7, 11) is 0. The summed E-state index contributed by atoms with van der Waals surface area (Å²) in [4.78, 5) is 0. The molecule has 3 heteroatoms. The van der Waals surface area contributed by atoms with Crippen LogP contribution in [0.1, 0.15) is 64.0 Å². The molecule has 1 unspecified atom stereocenters. The van der Waals surface area contributed by atoms with E-state index in [2.05, 4.69) is 69.2 Å². The van der Waals surface area contributed by atoms with Gasteiger partial charge >= 0.3 is 0 Å². The minimum absolute atomic E-state index is 0.481. The van der Waals surface area contributed by atoms with Crippen molar-refractivity contribution in [3.05, 3.63) is 32.7 Å². The number of nitrogens with one attached hydrogen (secondary N) is 1. The summed E-state index contributed by atoms with van der Waals surface area (Å²) in [6, 6.07) is 7.04. The molecule has 0 aromatic heterocycles. The van der Waals surface area contributed by atoms with Crippen molar-refractivity contribution in [3.63, 3.8) is 0 Å². The van der Waals surface area contributed by atoms with Crippen molar-refractivity contribution in [1.29, 1.82) is 0 Å². The molecule has 1 N–H and O–H groups in total. The summed E-state index contributed by atoms with van der Waals surface area (Å²) < 4.78 is 2.41. The SMILES string of the molecule is CCCNC(c1cc(Br)ccc1Br)C1CCC(CC)CC1. The first kappa shape index (κ1) is 17.5. The van der Waals surface area contributed by atoms with E-state index in [4.69, 9.17) is 0 Å². The predicted molar refractivity (Wildman–Crippen MR) is 98.6 cm³/mol. The molecule has 118 valence electrons. The zero-order valence-corrected chi connectivity index (χ0v) is 16.3. The van der Waals surface area contributed by atoms with E-state index in [-0.39, 0.29) is 0 Å². The van der Waals surface area contributed by atoms with Gasteiger partial charge in [0.05, 0.1) is 0 Å². The lowest BCUT2D eigenvalue weighted by atomic mass is 9.76. The highest BCUT2D eigenvalue weighted by molar-refractivity contribution is 9.11. The van der Waals surface area contributed by atoms with Crippen molar-refractivity contribution in [2.24, 2.45) is 11.8 Å². The molecule has 1 fully saturated rings. The summed E-state index contributed by atoms with van der Waals surface area (Å²) in [6.07, 6.45) is 8.05. The van der Waals surface area contributed by atoms with Gasteiger partial charge in [-0.15, -0.1) is 0 Å². The molecule has 21 heavy (non-hydrogen) atoms. The van der Waals surface area contributed by atoms with Crippen molar-refractivity contribution >= 4 is 31.9 Å². The van der Waals surface area contributed by atoms with E-state index in [0.717, 1.165) is 18.4 Å². The predicted octanol–water partition coefficient (Wildman–Crippen LogP) is 6.47. The quantitative estimate of drug-likeness (QED) is 0.560. The third kappa shape index (κ3) is 4.80. The third-order valence-electron chi connectivity index (χ3n) is 4.85. The largest absolute Gasteiger partial charge is 0.310 e. The highest BCUT2D eigenvalue weighted by Gasteiger charge is 2.28. The standard InChI is InChI=1S/C18H27Br2N/c1-3-11-21-18(14-7-5-13(4-2)6-8-14)16-12-15(19)9-10-17(16)20/h9-10,12-14,18,21H,3-8,11H2,1-2H3. The monoisotopic (exact) mass is 415 g/mol. The molecule has 1 nitrogen and oxygen atoms in total. The van der Waals surface area contributed by atoms with Crippen LogP contribution in [0.4, 0.5) is 0 Å². The Kier molecular flexibility index (Phi) is 7.24. The van der Waals surface area contributed by atoms with Gasteiger partial charge in [0.25, 0.3) is 0 Å². The highest BCUT2D eigenvalue weighted by Crippen LogP contribution is 2.40. The first-order chi connectivity index (χ1) is 10.2. The second-order valence-electron chi connectivity index (χ2n) is 6.29. The Morgan fingerprint density at radius 2 is 1.86 bits per heavy atom. The van der Waals surface area contributed by atoms with Gasteiger partial charge in [-0.05, 0) is 61.4 Å². The van der Waals surface area contributed by atoms with Crippen LogP contribution < -0.4 is 5.32 Å². The Balaban J connectivity index is 2.16. The fourth-order valence-electron chi connectivity index (χ4n) is 3.51. The summed E-state index contributed by atoms with van der Waals surface area (Å²) in [5.41, 5.74) is 1.41. The maximum Gasteiger partial charge on any atom is 0.0360 e. The molecular formula is C18H27Br2N. The van der Waals surface area contributed by atoms with Gasteiger partial charge in [0.15, 0.2) is 0 Å². The van der Waals surface area contributed by atoms with Gasteiger partial charge in [-0.25, -0.2) is 0 Å². The third-order valence-corrected chi connectivity index (χ3v) is 6.06. The Morgan fingerprint density at radius 3 is 2.48 bits per heavy atom. The fourth-order valence-corrected chi connectivity index (χ4v) is 4.39. The van der Waals surface area contributed by atoms with Crippen LogP contribution in [0.25, 0.3) is 0 Å². The Bertz CT molecular complexity index is 439. The van der Waals surface area contributed by atoms with Crippen LogP contribution in [0, 0.1) is 11.8 Å². The average molecular weight is 417 g/mol. The molecule has 1 aromatic rings. The fraction of sp³-hybridized carbons (Fsp3) is 0.667. The van der Waals surface area contributed by atoms with E-state index in [1.807, 2.05) is 0 Å². The van der Waals surface area contributed by atoms with Crippen LogP contribution in [0.15, 0.2) is 27.1 Å². The van der Waals surface area contributed by atoms with Crippen LogP contribution in [0.2, 0.25) is 0 Å². The zero-order chi connectivity index (χ0) is 15.2. The lowest BCUT2D eigenvalue weighted by Gasteiger charge is -2.35. The topological polar surface area (TPSA) is 12.0 Å². The van der Waals surface area contributed by atoms with Gasteiger partial charge in [-0.2, -0.15) is 0 Å². The highest BCUT2D eigenvalue weighted by atomic mass is 79.9. The van der Waals surface area contributed by atoms with Gasteiger partial charge in [-0.1, -0.05) is 65.0 Å². The van der Waals surface area contributed by atoms with Crippen LogP contribution in [-0.2, 0) is 0 Å². The van der Waals surface area contributed by atoms with E-state index >= 15 is 0 Å². The van der Waals surface area contributed by atoms with Gasteiger partial charge in [0, 0.05) is 15.0 Å². The molecule has 0 spiro atoms. The number of benzene rings is 1. The maximum absolute atomic E-state index is 3.81. The molecule has 1 aromatic carbocycles. The molecule has 1 atom stereocenters. The lowest BCUT2D eigenvalue weighted by Crippen LogP contribution is -2.32. The Labute approximate surface area is 146 Å². The summed E-state index contributed by atoms with van der Waals surface area (Å²) in [5.74, 6) is 1.73. The van der Waals surface area contributed by atoms with Crippen molar-refractivity contribution in [1.82, 2.24) is 5.32 Å². The molecule has 0 aliphatic heterocycles. The summed E-state index contributed by atoms with van der Waals surface area (Å²) >= 11 is 7.38. The maximum atomic E-state index is 3.81. The van der Waals surface area contributed by atoms with Crippen molar-refractivity contribution in [2.75, 3.05) is 6.54 Å². The molecule has 0 saturated heterocycles. The smallest absolute Gasteiger partial charge is 0.0360 e. The first-order valence-corrected chi connectivity index (χ1v) is 9.92. The molecule has 1 aliphatic carbocycles. The molecular weight excluding hydrogens is 390 g/mol. The number of hydrogen-bond donors (Lipinski definition) is 1. The van der Waals surface area contributed by atoms with E-state index in [0.29, 0.717) is 6.04 Å². The lowest BCUT2D eigenvalue weighted by molar-refractivity contribution is 0.218. The summed E-state index contributed by atoms with van der Waals surface area (Å²) in [6.45, 7) is 5.67. The molecule has 1 aliphatic rings. The van der Waals surface area contributed by atoms with Gasteiger partial charge in [0.1, 0.15) is 0 Å². The van der Waals surface area contributed by atoms with Gasteiger partial charge < -0.3 is 5.32 Å². The average Bonchev–Trinajstić information content (AvgIpc) is 2.51. The Hall–Kier alpha value is 0.140. The number of rotatable bonds is 6. The molecule has 1 saturated carbocycles. The van der Waals surface area contributed by atoms with Crippen LogP contribution in [0.5, 0.6) is 0 Å². The van der Waals surface area contributed by atoms with Crippen LogP contribution in [-0.4, -0.2) is 6.54 Å². The molecule has 0 heterocycles. The first-order valence-electron chi connectivity index (χ1n) is 8.34. The zero-order valence-electron chi connectivity index (χ0n) is 13.2. The van der Waals surface area contributed by atoms with Crippen molar-refractivity contribution in [2.45, 2.75) is 58.4 Å². The summed E-state index contributed by atoms with van der Waals surface area (Å²) in [5, 5.41) is 3.81. The van der Waals surface area contributed by atoms with E-state index < -0.39 is 0 Å². The van der Waals surface area contributed by atoms with E-state index in [1.165, 1.54) is 53.0 Å². The van der Waals surface area contributed by atoms with E-state index in [1.54, 1.807) is 0 Å². The molecule has 2 rings (SSSR count). The second kappa shape index (κ2) is 8.69. The normalized spacial score (nSPS) is 24.0. The van der Waals surface area contributed by atoms with Crippen LogP contribution in [0.3, 0.4) is 0 Å². The van der Waals surface area contributed by atoms with Crippen molar-refractivity contribution in [3.8, 4) is 0 Å². The number of halogens is 2. The minimum Gasteiger partial charge on any atom is -0.310 e. The van der Waals surface area contributed by atoms with Gasteiger partial charge in [0.2, 0.25) is 0 Å². The minimum atomic E-state index is 0.481. The molecule has 0 radical (unpaired) electrons. The second-order valence-corrected chi connectivity index (χ2v) is 8.06. The van der Waals surface area contributed by atoms with E-state index in [9.17, 15) is 0 Å². The Morgan fingerprint density at radius 1 is 1.14 bits per heavy atom. The van der Waals surface area contributed by atoms with Crippen LogP contribution >= 0.6 is 31.9 Å². The van der Waals surface area contributed by atoms with Crippen molar-refractivity contribution < 1.29 is 0 Å². The van der Waals surface area contributed by atoms with Gasteiger partial charge in [-0.3, -0.25) is 0 Å².